The highest BCUT2D eigenvalue weighted by atomic mass is 35.5. The van der Waals surface area contributed by atoms with Crippen LogP contribution >= 0.6 is 35.0 Å². The largest absolute Gasteiger partial charge is 0.472 e. The topological polar surface area (TPSA) is 98.1 Å². The van der Waals surface area contributed by atoms with E-state index in [1.807, 2.05) is 0 Å². The zero-order valence-corrected chi connectivity index (χ0v) is 19.5. The number of thioether (sulfide) groups is 1. The van der Waals surface area contributed by atoms with E-state index in [0.29, 0.717) is 27.2 Å². The molecule has 0 unspecified atom stereocenters. The Morgan fingerprint density at radius 3 is 2.66 bits per heavy atom. The van der Waals surface area contributed by atoms with Crippen LogP contribution in [-0.4, -0.2) is 51.2 Å². The van der Waals surface area contributed by atoms with Gasteiger partial charge in [0.1, 0.15) is 11.8 Å². The SMILES string of the molecule is CNC(=O)c1cc(Cl)cc(C)c1NC(=O)c1cc(OC2CSC2)nn1-c1ncccc1Cl. The highest BCUT2D eigenvalue weighted by Crippen LogP contribution is 2.29. The van der Waals surface area contributed by atoms with Gasteiger partial charge in [-0.25, -0.2) is 9.67 Å². The van der Waals surface area contributed by atoms with Crippen molar-refractivity contribution in [2.24, 2.45) is 0 Å². The Hall–Kier alpha value is -2.75. The summed E-state index contributed by atoms with van der Waals surface area (Å²) in [4.78, 5) is 30.0. The van der Waals surface area contributed by atoms with Gasteiger partial charge < -0.3 is 15.4 Å². The van der Waals surface area contributed by atoms with Gasteiger partial charge in [-0.3, -0.25) is 9.59 Å². The maximum Gasteiger partial charge on any atom is 0.274 e. The summed E-state index contributed by atoms with van der Waals surface area (Å²) in [5.41, 5.74) is 1.38. The van der Waals surface area contributed by atoms with Crippen LogP contribution in [0.2, 0.25) is 10.0 Å². The lowest BCUT2D eigenvalue weighted by Gasteiger charge is -2.24. The number of nitrogens with one attached hydrogen (secondary N) is 2. The highest BCUT2D eigenvalue weighted by Gasteiger charge is 2.26. The maximum absolute atomic E-state index is 13.3. The van der Waals surface area contributed by atoms with Crippen LogP contribution < -0.4 is 15.4 Å². The van der Waals surface area contributed by atoms with Crippen LogP contribution in [0.25, 0.3) is 5.82 Å². The Labute approximate surface area is 198 Å². The van der Waals surface area contributed by atoms with Gasteiger partial charge >= 0.3 is 0 Å². The normalized spacial score (nSPS) is 13.4. The molecule has 2 N–H and O–H groups in total. The molecule has 4 rings (SSSR count). The van der Waals surface area contributed by atoms with Gasteiger partial charge in [0.25, 0.3) is 11.8 Å². The van der Waals surface area contributed by atoms with E-state index in [1.165, 1.54) is 23.9 Å². The van der Waals surface area contributed by atoms with Gasteiger partial charge in [-0.15, -0.1) is 5.10 Å². The summed E-state index contributed by atoms with van der Waals surface area (Å²) in [6, 6.07) is 8.04. The van der Waals surface area contributed by atoms with Crippen LogP contribution in [0.1, 0.15) is 26.4 Å². The highest BCUT2D eigenvalue weighted by molar-refractivity contribution is 8.00. The zero-order valence-electron chi connectivity index (χ0n) is 17.2. The first-order chi connectivity index (χ1) is 15.4. The van der Waals surface area contributed by atoms with Gasteiger partial charge in [-0.1, -0.05) is 23.2 Å². The first kappa shape index (κ1) is 22.4. The number of rotatable bonds is 6. The molecule has 1 fully saturated rings. The molecular weight excluding hydrogens is 473 g/mol. The van der Waals surface area contributed by atoms with Crippen LogP contribution in [0.3, 0.4) is 0 Å². The number of halogens is 2. The first-order valence-electron chi connectivity index (χ1n) is 9.66. The van der Waals surface area contributed by atoms with Crippen molar-refractivity contribution in [1.29, 1.82) is 0 Å². The molecule has 0 atom stereocenters. The molecule has 3 heterocycles. The van der Waals surface area contributed by atoms with Crippen LogP contribution in [0.15, 0.2) is 36.5 Å². The molecule has 0 aliphatic carbocycles. The van der Waals surface area contributed by atoms with Gasteiger partial charge in [0.2, 0.25) is 5.88 Å². The fourth-order valence-corrected chi connectivity index (χ4v) is 4.17. The van der Waals surface area contributed by atoms with Gasteiger partial charge in [0.15, 0.2) is 5.82 Å². The maximum atomic E-state index is 13.3. The number of ether oxygens (including phenoxy) is 1. The molecule has 0 saturated carbocycles. The fourth-order valence-electron chi connectivity index (χ4n) is 3.13. The molecule has 1 saturated heterocycles. The summed E-state index contributed by atoms with van der Waals surface area (Å²) in [7, 11) is 1.50. The number of nitrogens with zero attached hydrogens (tertiary/aromatic N) is 3. The number of amides is 2. The quantitative estimate of drug-likeness (QED) is 0.540. The van der Waals surface area contributed by atoms with Crippen molar-refractivity contribution < 1.29 is 14.3 Å². The van der Waals surface area contributed by atoms with Crippen molar-refractivity contribution in [3.05, 3.63) is 63.4 Å². The van der Waals surface area contributed by atoms with E-state index < -0.39 is 5.91 Å². The standard InChI is InChI=1S/C21H19Cl2N5O3S/c1-11-6-12(22)7-14(20(29)24-2)18(11)26-21(30)16-8-17(31-13-9-32-10-13)27-28(16)19-15(23)4-3-5-25-19/h3-8,13H,9-10H2,1-2H3,(H,24,29)(H,26,30). The monoisotopic (exact) mass is 491 g/mol. The van der Waals surface area contributed by atoms with E-state index in [4.69, 9.17) is 27.9 Å². The second kappa shape index (κ2) is 9.40. The third-order valence-corrected chi connectivity index (χ3v) is 6.49. The van der Waals surface area contributed by atoms with E-state index in [1.54, 1.807) is 43.1 Å². The number of carbonyl (C=O) groups is 2. The van der Waals surface area contributed by atoms with Crippen LogP contribution in [0.4, 0.5) is 5.69 Å². The molecule has 32 heavy (non-hydrogen) atoms. The van der Waals surface area contributed by atoms with E-state index in [-0.39, 0.29) is 29.1 Å². The molecular formula is C21H19Cl2N5O3S. The van der Waals surface area contributed by atoms with E-state index in [9.17, 15) is 9.59 Å². The second-order valence-corrected chi connectivity index (χ2v) is 8.96. The van der Waals surface area contributed by atoms with Crippen LogP contribution in [-0.2, 0) is 0 Å². The average Bonchev–Trinajstić information content (AvgIpc) is 3.16. The summed E-state index contributed by atoms with van der Waals surface area (Å²) in [6.07, 6.45) is 1.59. The minimum atomic E-state index is -0.507. The number of hydrogen-bond donors (Lipinski definition) is 2. The first-order valence-corrected chi connectivity index (χ1v) is 11.6. The minimum absolute atomic E-state index is 0.0387. The summed E-state index contributed by atoms with van der Waals surface area (Å²) in [6.45, 7) is 1.75. The molecule has 2 aromatic heterocycles. The number of aromatic nitrogens is 3. The van der Waals surface area contributed by atoms with Crippen molar-refractivity contribution in [1.82, 2.24) is 20.1 Å². The Bertz CT molecular complexity index is 1200. The third-order valence-electron chi connectivity index (χ3n) is 4.76. The van der Waals surface area contributed by atoms with Crippen molar-refractivity contribution in [3.8, 4) is 11.7 Å². The molecule has 11 heteroatoms. The summed E-state index contributed by atoms with van der Waals surface area (Å²) < 4.78 is 7.20. The summed E-state index contributed by atoms with van der Waals surface area (Å²) in [5.74, 6) is 1.42. The molecule has 2 amide bonds. The van der Waals surface area contributed by atoms with Crippen molar-refractivity contribution in [2.75, 3.05) is 23.9 Å². The molecule has 8 nitrogen and oxygen atoms in total. The molecule has 166 valence electrons. The third kappa shape index (κ3) is 4.55. The summed E-state index contributed by atoms with van der Waals surface area (Å²) >= 11 is 14.2. The molecule has 1 aliphatic heterocycles. The van der Waals surface area contributed by atoms with Crippen molar-refractivity contribution >= 4 is 52.5 Å². The van der Waals surface area contributed by atoms with E-state index in [0.717, 1.165) is 11.5 Å². The van der Waals surface area contributed by atoms with Crippen molar-refractivity contribution in [2.45, 2.75) is 13.0 Å². The number of pyridine rings is 1. The Morgan fingerprint density at radius 1 is 1.22 bits per heavy atom. The molecule has 1 aromatic carbocycles. The lowest BCUT2D eigenvalue weighted by atomic mass is 10.1. The predicted molar refractivity (Wildman–Crippen MR) is 126 cm³/mol. The lowest BCUT2D eigenvalue weighted by molar-refractivity contribution is 0.0964. The molecule has 3 aromatic rings. The number of carbonyl (C=O) groups excluding carboxylic acids is 2. The van der Waals surface area contributed by atoms with Gasteiger partial charge in [-0.2, -0.15) is 11.8 Å². The molecule has 0 radical (unpaired) electrons. The number of anilines is 1. The van der Waals surface area contributed by atoms with Gasteiger partial charge in [0, 0.05) is 35.8 Å². The average molecular weight is 492 g/mol. The van der Waals surface area contributed by atoms with Crippen molar-refractivity contribution in [3.63, 3.8) is 0 Å². The van der Waals surface area contributed by atoms with E-state index in [2.05, 4.69) is 20.7 Å². The smallest absolute Gasteiger partial charge is 0.274 e. The predicted octanol–water partition coefficient (Wildman–Crippen LogP) is 3.99. The number of aryl methyl sites for hydroxylation is 1. The van der Waals surface area contributed by atoms with E-state index >= 15 is 0 Å². The molecule has 0 bridgehead atoms. The lowest BCUT2D eigenvalue weighted by Crippen LogP contribution is -2.31. The summed E-state index contributed by atoms with van der Waals surface area (Å²) in [5, 5.41) is 10.5. The Kier molecular flexibility index (Phi) is 6.59. The van der Waals surface area contributed by atoms with Gasteiger partial charge in [0.05, 0.1) is 16.3 Å². The van der Waals surface area contributed by atoms with Crippen LogP contribution in [0.5, 0.6) is 5.88 Å². The Balaban J connectivity index is 1.74. The Morgan fingerprint density at radius 2 is 2.00 bits per heavy atom. The van der Waals surface area contributed by atoms with Crippen LogP contribution in [0, 0.1) is 6.92 Å². The van der Waals surface area contributed by atoms with Gasteiger partial charge in [-0.05, 0) is 36.8 Å². The zero-order chi connectivity index (χ0) is 22.8. The molecule has 1 aliphatic rings. The minimum Gasteiger partial charge on any atom is -0.472 e. The second-order valence-electron chi connectivity index (χ2n) is 7.04. The number of benzene rings is 1. The molecule has 0 spiro atoms. The number of hydrogen-bond acceptors (Lipinski definition) is 6. The fraction of sp³-hybridized carbons (Fsp3) is 0.238.